The zero-order valence-corrected chi connectivity index (χ0v) is 37.7. The molecule has 0 aromatic heterocycles. The highest BCUT2D eigenvalue weighted by Gasteiger charge is 2.27. The highest BCUT2D eigenvalue weighted by molar-refractivity contribution is 7.47. The van der Waals surface area contributed by atoms with Gasteiger partial charge in [-0.1, -0.05) is 163 Å². The lowest BCUT2D eigenvalue weighted by molar-refractivity contribution is -0.154. The molecule has 0 aromatic carbocycles. The average Bonchev–Trinajstić information content (AvgIpc) is 3.21. The molecule has 0 saturated heterocycles. The van der Waals surface area contributed by atoms with Crippen molar-refractivity contribution in [3.8, 4) is 0 Å². The number of nitrogens with two attached hydrogens (primary N) is 1. The Labute approximate surface area is 358 Å². The molecule has 59 heavy (non-hydrogen) atoms. The van der Waals surface area contributed by atoms with Gasteiger partial charge in [0.2, 0.25) is 0 Å². The number of carbonyl (C=O) groups is 2. The lowest BCUT2D eigenvalue weighted by Gasteiger charge is -2.20. The van der Waals surface area contributed by atoms with Crippen molar-refractivity contribution >= 4 is 19.8 Å². The number of phosphoric ester groups is 1. The minimum Gasteiger partial charge on any atom is -0.480 e. The Morgan fingerprint density at radius 2 is 0.983 bits per heavy atom. The third-order valence-corrected chi connectivity index (χ3v) is 10.1. The standard InChI is InChI=1S/C48H82NO9P/c1-3-5-7-9-11-13-15-17-19-21-22-23-25-27-29-31-33-35-37-39-41-55-42-45(43-56-59(53,54)57-44-46(49)48(51)52)58-47(50)40-38-36-34-32-30-28-26-24-20-18-16-14-12-10-8-6-4-2/h5,7,11,13,17-20,22-23,27,29,33,35,45-46H,3-4,6,8-10,12,14-16,21,24-26,28,30-32,34,36-44,49H2,1-2H3,(H,51,52)(H,53,54)/b7-5-,13-11-,19-17-,20-18-,23-22-,29-27-,35-33-. The Balaban J connectivity index is 4.35. The Morgan fingerprint density at radius 3 is 1.49 bits per heavy atom. The fourth-order valence-electron chi connectivity index (χ4n) is 5.67. The van der Waals surface area contributed by atoms with Gasteiger partial charge in [-0.05, 0) is 83.5 Å². The monoisotopic (exact) mass is 848 g/mol. The third kappa shape index (κ3) is 43.1. The summed E-state index contributed by atoms with van der Waals surface area (Å²) in [5.41, 5.74) is 5.35. The van der Waals surface area contributed by atoms with Crippen LogP contribution in [0.4, 0.5) is 0 Å². The highest BCUT2D eigenvalue weighted by atomic mass is 31.2. The van der Waals surface area contributed by atoms with Crippen molar-refractivity contribution < 1.29 is 42.7 Å². The quantitative estimate of drug-likeness (QED) is 0.0234. The van der Waals surface area contributed by atoms with Crippen molar-refractivity contribution in [3.05, 3.63) is 85.1 Å². The molecule has 4 N–H and O–H groups in total. The first kappa shape index (κ1) is 56.1. The maximum atomic E-state index is 12.6. The minimum atomic E-state index is -4.64. The molecule has 0 fully saturated rings. The second kappa shape index (κ2) is 43.2. The number of ether oxygens (including phenoxy) is 2. The van der Waals surface area contributed by atoms with Gasteiger partial charge in [-0.25, -0.2) is 4.57 Å². The number of carboxylic acids is 1. The predicted molar refractivity (Wildman–Crippen MR) is 244 cm³/mol. The lowest BCUT2D eigenvalue weighted by Crippen LogP contribution is -2.34. The van der Waals surface area contributed by atoms with Gasteiger partial charge in [-0.2, -0.15) is 0 Å². The first-order chi connectivity index (χ1) is 28.7. The second-order valence-electron chi connectivity index (χ2n) is 14.8. The van der Waals surface area contributed by atoms with Crippen molar-refractivity contribution in [3.63, 3.8) is 0 Å². The van der Waals surface area contributed by atoms with Crippen LogP contribution in [0.1, 0.15) is 168 Å². The Bertz CT molecular complexity index is 1260. The molecule has 0 spiro atoms. The van der Waals surface area contributed by atoms with Crippen molar-refractivity contribution in [1.82, 2.24) is 0 Å². The Morgan fingerprint density at radius 1 is 0.559 bits per heavy atom. The zero-order chi connectivity index (χ0) is 43.3. The summed E-state index contributed by atoms with van der Waals surface area (Å²) in [6.45, 7) is 3.59. The van der Waals surface area contributed by atoms with Crippen LogP contribution in [0.5, 0.6) is 0 Å². The molecule has 11 heteroatoms. The summed E-state index contributed by atoms with van der Waals surface area (Å²) in [5, 5.41) is 8.90. The molecule has 0 amide bonds. The number of phosphoric acid groups is 1. The minimum absolute atomic E-state index is 0.0294. The number of allylic oxidation sites excluding steroid dienone is 14. The van der Waals surface area contributed by atoms with Gasteiger partial charge < -0.3 is 25.2 Å². The molecule has 3 atom stereocenters. The van der Waals surface area contributed by atoms with Gasteiger partial charge in [0.25, 0.3) is 0 Å². The molecule has 3 unspecified atom stereocenters. The van der Waals surface area contributed by atoms with Crippen LogP contribution < -0.4 is 5.73 Å². The Kier molecular flexibility index (Phi) is 41.2. The van der Waals surface area contributed by atoms with E-state index in [2.05, 4.69) is 98.9 Å². The molecule has 10 nitrogen and oxygen atoms in total. The number of aliphatic carboxylic acids is 1. The summed E-state index contributed by atoms with van der Waals surface area (Å²) in [5.74, 6) is -1.81. The van der Waals surface area contributed by atoms with Crippen molar-refractivity contribution in [2.24, 2.45) is 5.73 Å². The van der Waals surface area contributed by atoms with Gasteiger partial charge in [0, 0.05) is 13.0 Å². The molecular formula is C48H82NO9P. The molecule has 0 aromatic rings. The third-order valence-electron chi connectivity index (χ3n) is 9.16. The number of carbonyl (C=O) groups excluding carboxylic acids is 1. The lowest BCUT2D eigenvalue weighted by atomic mass is 10.1. The van der Waals surface area contributed by atoms with E-state index >= 15 is 0 Å². The predicted octanol–water partition coefficient (Wildman–Crippen LogP) is 12.8. The van der Waals surface area contributed by atoms with Gasteiger partial charge in [-0.3, -0.25) is 18.6 Å². The smallest absolute Gasteiger partial charge is 0.472 e. The fraction of sp³-hybridized carbons (Fsp3) is 0.667. The molecule has 0 rings (SSSR count). The van der Waals surface area contributed by atoms with E-state index in [1.807, 2.05) is 0 Å². The fourth-order valence-corrected chi connectivity index (χ4v) is 6.45. The van der Waals surface area contributed by atoms with Crippen molar-refractivity contribution in [2.75, 3.05) is 26.4 Å². The number of esters is 1. The van der Waals surface area contributed by atoms with E-state index in [-0.39, 0.29) is 13.0 Å². The summed E-state index contributed by atoms with van der Waals surface area (Å²) < 4.78 is 33.3. The maximum Gasteiger partial charge on any atom is 0.472 e. The van der Waals surface area contributed by atoms with Crippen LogP contribution in [-0.4, -0.2) is 60.5 Å². The molecule has 0 bridgehead atoms. The molecule has 338 valence electrons. The SMILES string of the molecule is CC/C=C\C/C=C\C/C=C\C/C=C\C/C=C\C/C=C\CCCOCC(COP(=O)(O)OCC(N)C(=O)O)OC(=O)CCCCCCCCC/C=C\CCCCCCCC. The number of unbranched alkanes of at least 4 members (excludes halogenated alkanes) is 14. The largest absolute Gasteiger partial charge is 0.480 e. The number of rotatable bonds is 42. The van der Waals surface area contributed by atoms with Crippen LogP contribution in [0.2, 0.25) is 0 Å². The molecule has 0 aliphatic rings. The molecule has 0 aliphatic heterocycles. The van der Waals surface area contributed by atoms with Gasteiger partial charge in [0.1, 0.15) is 12.1 Å². The van der Waals surface area contributed by atoms with Crippen LogP contribution in [0, 0.1) is 0 Å². The molecule has 0 heterocycles. The van der Waals surface area contributed by atoms with Gasteiger partial charge in [-0.15, -0.1) is 0 Å². The normalized spacial score (nSPS) is 14.6. The summed E-state index contributed by atoms with van der Waals surface area (Å²) in [7, 11) is -4.64. The van der Waals surface area contributed by atoms with Crippen molar-refractivity contribution in [2.45, 2.75) is 180 Å². The second-order valence-corrected chi connectivity index (χ2v) is 16.2. The van der Waals surface area contributed by atoms with Crippen LogP contribution in [0.25, 0.3) is 0 Å². The molecule has 0 saturated carbocycles. The van der Waals surface area contributed by atoms with Gasteiger partial charge in [0.05, 0.1) is 19.8 Å². The van der Waals surface area contributed by atoms with Crippen molar-refractivity contribution in [1.29, 1.82) is 0 Å². The summed E-state index contributed by atoms with van der Waals surface area (Å²) in [6.07, 6.45) is 55.0. The first-order valence-electron chi connectivity index (χ1n) is 22.6. The topological polar surface area (TPSA) is 155 Å². The summed E-state index contributed by atoms with van der Waals surface area (Å²) >= 11 is 0. The van der Waals surface area contributed by atoms with E-state index in [0.29, 0.717) is 13.0 Å². The summed E-state index contributed by atoms with van der Waals surface area (Å²) in [4.78, 5) is 33.6. The average molecular weight is 848 g/mol. The van der Waals surface area contributed by atoms with Crippen LogP contribution in [0.15, 0.2) is 85.1 Å². The van der Waals surface area contributed by atoms with Gasteiger partial charge in [0.15, 0.2) is 0 Å². The van der Waals surface area contributed by atoms with Crippen LogP contribution in [-0.2, 0) is 32.7 Å². The molecule has 0 aliphatic carbocycles. The van der Waals surface area contributed by atoms with Gasteiger partial charge >= 0.3 is 19.8 Å². The van der Waals surface area contributed by atoms with E-state index < -0.39 is 45.1 Å². The summed E-state index contributed by atoms with van der Waals surface area (Å²) in [6, 6.07) is -1.49. The van der Waals surface area contributed by atoms with E-state index in [1.165, 1.54) is 64.2 Å². The molecule has 0 radical (unpaired) electrons. The number of hydrogen-bond acceptors (Lipinski definition) is 8. The number of hydrogen-bond donors (Lipinski definition) is 3. The molecular weight excluding hydrogens is 765 g/mol. The van der Waals surface area contributed by atoms with Crippen LogP contribution in [0.3, 0.4) is 0 Å². The highest BCUT2D eigenvalue weighted by Crippen LogP contribution is 2.43. The maximum absolute atomic E-state index is 12.6. The first-order valence-corrected chi connectivity index (χ1v) is 24.1. The van der Waals surface area contributed by atoms with E-state index in [0.717, 1.165) is 77.0 Å². The van der Waals surface area contributed by atoms with E-state index in [9.17, 15) is 19.0 Å². The zero-order valence-electron chi connectivity index (χ0n) is 36.8. The van der Waals surface area contributed by atoms with E-state index in [4.69, 9.17) is 29.4 Å². The number of carboxylic acid groups (broad SMARTS) is 1. The van der Waals surface area contributed by atoms with E-state index in [1.54, 1.807) is 0 Å². The van der Waals surface area contributed by atoms with Crippen LogP contribution >= 0.6 is 7.82 Å². The Hall–Kier alpha value is -2.85.